The first-order valence-electron chi connectivity index (χ1n) is 7.42. The van der Waals surface area contributed by atoms with E-state index in [1.165, 1.54) is 6.07 Å². The lowest BCUT2D eigenvalue weighted by Crippen LogP contribution is -2.20. The number of hydrogen-bond donors (Lipinski definition) is 1. The quantitative estimate of drug-likeness (QED) is 0.647. The Hall–Kier alpha value is -0.740. The summed E-state index contributed by atoms with van der Waals surface area (Å²) in [5.74, 6) is 2.83. The van der Waals surface area contributed by atoms with Crippen LogP contribution < -0.4 is 10.1 Å². The number of ether oxygens (including phenoxy) is 1. The van der Waals surface area contributed by atoms with E-state index in [1.54, 1.807) is 12.1 Å². The van der Waals surface area contributed by atoms with Crippen molar-refractivity contribution in [2.45, 2.75) is 39.7 Å². The molecule has 0 fully saturated rings. The number of rotatable bonds is 10. The van der Waals surface area contributed by atoms with Crippen LogP contribution in [0.4, 0.5) is 4.39 Å². The molecule has 0 bridgehead atoms. The number of hydrogen-bond acceptors (Lipinski definition) is 3. The maximum Gasteiger partial charge on any atom is 0.124 e. The van der Waals surface area contributed by atoms with Crippen molar-refractivity contribution in [2.75, 3.05) is 24.7 Å². The number of benzene rings is 1. The van der Waals surface area contributed by atoms with E-state index in [0.717, 1.165) is 42.2 Å². The second kappa shape index (κ2) is 10.1. The van der Waals surface area contributed by atoms with Crippen LogP contribution in [0.1, 0.15) is 45.2 Å². The molecule has 2 nitrogen and oxygen atoms in total. The van der Waals surface area contributed by atoms with Crippen LogP contribution in [-0.2, 0) is 0 Å². The van der Waals surface area contributed by atoms with Crippen molar-refractivity contribution >= 4 is 11.8 Å². The van der Waals surface area contributed by atoms with Crippen molar-refractivity contribution < 1.29 is 9.13 Å². The van der Waals surface area contributed by atoms with Crippen LogP contribution in [0.15, 0.2) is 18.2 Å². The molecule has 0 aliphatic carbocycles. The van der Waals surface area contributed by atoms with E-state index in [0.29, 0.717) is 6.61 Å². The fourth-order valence-electron chi connectivity index (χ4n) is 1.95. The molecule has 0 saturated heterocycles. The molecule has 114 valence electrons. The van der Waals surface area contributed by atoms with Gasteiger partial charge in [-0.15, -0.1) is 0 Å². The molecule has 0 spiro atoms. The second-order valence-electron chi connectivity index (χ2n) is 4.76. The van der Waals surface area contributed by atoms with Crippen LogP contribution in [0.25, 0.3) is 0 Å². The standard InChI is InChI=1S/C16H26FNOS/c1-4-9-18-13(3)15-12-14(17)7-8-16(15)19-10-6-11-20-5-2/h7-8,12-13,18H,4-6,9-11H2,1-3H3. The van der Waals surface area contributed by atoms with Gasteiger partial charge in [0.2, 0.25) is 0 Å². The molecule has 0 aliphatic rings. The molecule has 0 aliphatic heterocycles. The highest BCUT2D eigenvalue weighted by Crippen LogP contribution is 2.26. The molecular weight excluding hydrogens is 273 g/mol. The summed E-state index contributed by atoms with van der Waals surface area (Å²) in [7, 11) is 0. The highest BCUT2D eigenvalue weighted by Gasteiger charge is 2.12. The number of halogens is 1. The minimum atomic E-state index is -0.209. The van der Waals surface area contributed by atoms with Crippen LogP contribution in [-0.4, -0.2) is 24.7 Å². The summed E-state index contributed by atoms with van der Waals surface area (Å²) in [6.45, 7) is 7.93. The van der Waals surface area contributed by atoms with Gasteiger partial charge in [0, 0.05) is 11.6 Å². The lowest BCUT2D eigenvalue weighted by molar-refractivity contribution is 0.311. The highest BCUT2D eigenvalue weighted by molar-refractivity contribution is 7.99. The summed E-state index contributed by atoms with van der Waals surface area (Å²) < 4.78 is 19.3. The maximum atomic E-state index is 13.4. The van der Waals surface area contributed by atoms with Gasteiger partial charge in [-0.3, -0.25) is 0 Å². The molecule has 0 amide bonds. The molecule has 0 heterocycles. The van der Waals surface area contributed by atoms with Gasteiger partial charge in [-0.05, 0) is 56.0 Å². The molecule has 0 saturated carbocycles. The summed E-state index contributed by atoms with van der Waals surface area (Å²) >= 11 is 1.91. The Bertz CT molecular complexity index is 387. The molecule has 1 aromatic rings. The summed E-state index contributed by atoms with van der Waals surface area (Å²) in [4.78, 5) is 0. The van der Waals surface area contributed by atoms with E-state index >= 15 is 0 Å². The lowest BCUT2D eigenvalue weighted by Gasteiger charge is -2.18. The van der Waals surface area contributed by atoms with Crippen LogP contribution in [0.5, 0.6) is 5.75 Å². The summed E-state index contributed by atoms with van der Waals surface area (Å²) in [5.41, 5.74) is 0.904. The smallest absolute Gasteiger partial charge is 0.124 e. The van der Waals surface area contributed by atoms with Crippen molar-refractivity contribution in [3.05, 3.63) is 29.6 Å². The summed E-state index contributed by atoms with van der Waals surface area (Å²) in [6.07, 6.45) is 2.08. The van der Waals surface area contributed by atoms with Crippen LogP contribution >= 0.6 is 11.8 Å². The first-order valence-corrected chi connectivity index (χ1v) is 8.57. The van der Waals surface area contributed by atoms with Crippen molar-refractivity contribution in [3.8, 4) is 5.75 Å². The third-order valence-electron chi connectivity index (χ3n) is 3.03. The minimum Gasteiger partial charge on any atom is -0.493 e. The van der Waals surface area contributed by atoms with Crippen molar-refractivity contribution in [3.63, 3.8) is 0 Å². The number of thioether (sulfide) groups is 1. The fourth-order valence-corrected chi connectivity index (χ4v) is 2.56. The van der Waals surface area contributed by atoms with Gasteiger partial charge in [-0.1, -0.05) is 13.8 Å². The third kappa shape index (κ3) is 6.14. The van der Waals surface area contributed by atoms with E-state index in [-0.39, 0.29) is 11.9 Å². The molecule has 0 radical (unpaired) electrons. The van der Waals surface area contributed by atoms with Gasteiger partial charge in [0.25, 0.3) is 0 Å². The zero-order valence-electron chi connectivity index (χ0n) is 12.7. The van der Waals surface area contributed by atoms with E-state index in [4.69, 9.17) is 4.74 Å². The van der Waals surface area contributed by atoms with E-state index in [9.17, 15) is 4.39 Å². The average molecular weight is 299 g/mol. The van der Waals surface area contributed by atoms with Gasteiger partial charge in [-0.2, -0.15) is 11.8 Å². The van der Waals surface area contributed by atoms with Gasteiger partial charge in [0.15, 0.2) is 0 Å². The fraction of sp³-hybridized carbons (Fsp3) is 0.625. The van der Waals surface area contributed by atoms with Gasteiger partial charge in [0.05, 0.1) is 6.61 Å². The van der Waals surface area contributed by atoms with Gasteiger partial charge >= 0.3 is 0 Å². The van der Waals surface area contributed by atoms with Crippen LogP contribution in [0.3, 0.4) is 0 Å². The van der Waals surface area contributed by atoms with Crippen molar-refractivity contribution in [1.82, 2.24) is 5.32 Å². The van der Waals surface area contributed by atoms with Gasteiger partial charge in [-0.25, -0.2) is 4.39 Å². The van der Waals surface area contributed by atoms with Crippen molar-refractivity contribution in [2.24, 2.45) is 0 Å². The summed E-state index contributed by atoms with van der Waals surface area (Å²) in [6, 6.07) is 4.88. The number of nitrogens with one attached hydrogen (secondary N) is 1. The monoisotopic (exact) mass is 299 g/mol. The molecule has 0 aromatic heterocycles. The predicted octanol–water partition coefficient (Wildman–Crippen LogP) is 4.41. The Balaban J connectivity index is 2.59. The SMILES string of the molecule is CCCNC(C)c1cc(F)ccc1OCCCSCC. The Morgan fingerprint density at radius 1 is 1.35 bits per heavy atom. The molecule has 1 aromatic carbocycles. The van der Waals surface area contributed by atoms with Gasteiger partial charge in [0.1, 0.15) is 11.6 Å². The largest absolute Gasteiger partial charge is 0.493 e. The van der Waals surface area contributed by atoms with Crippen LogP contribution in [0.2, 0.25) is 0 Å². The molecule has 1 unspecified atom stereocenters. The Labute approximate surface area is 126 Å². The normalized spacial score (nSPS) is 12.4. The summed E-state index contributed by atoms with van der Waals surface area (Å²) in [5, 5.41) is 3.38. The average Bonchev–Trinajstić information content (AvgIpc) is 2.45. The lowest BCUT2D eigenvalue weighted by atomic mass is 10.1. The van der Waals surface area contributed by atoms with E-state index in [1.807, 2.05) is 18.7 Å². The second-order valence-corrected chi connectivity index (χ2v) is 6.15. The third-order valence-corrected chi connectivity index (χ3v) is 4.02. The molecule has 1 atom stereocenters. The first-order chi connectivity index (χ1) is 9.69. The Morgan fingerprint density at radius 3 is 2.85 bits per heavy atom. The van der Waals surface area contributed by atoms with E-state index in [2.05, 4.69) is 19.2 Å². The zero-order valence-corrected chi connectivity index (χ0v) is 13.6. The molecule has 20 heavy (non-hydrogen) atoms. The maximum absolute atomic E-state index is 13.4. The molecule has 4 heteroatoms. The predicted molar refractivity (Wildman–Crippen MR) is 86.2 cm³/mol. The zero-order chi connectivity index (χ0) is 14.8. The van der Waals surface area contributed by atoms with Crippen LogP contribution in [0, 0.1) is 5.82 Å². The molecule has 1 rings (SSSR count). The Kier molecular flexibility index (Phi) is 8.70. The van der Waals surface area contributed by atoms with Gasteiger partial charge < -0.3 is 10.1 Å². The van der Waals surface area contributed by atoms with E-state index < -0.39 is 0 Å². The first kappa shape index (κ1) is 17.3. The topological polar surface area (TPSA) is 21.3 Å². The minimum absolute atomic E-state index is 0.102. The Morgan fingerprint density at radius 2 is 2.15 bits per heavy atom. The molecular formula is C16H26FNOS. The highest BCUT2D eigenvalue weighted by atomic mass is 32.2. The van der Waals surface area contributed by atoms with Crippen molar-refractivity contribution in [1.29, 1.82) is 0 Å². The molecule has 1 N–H and O–H groups in total.